The third-order valence-corrected chi connectivity index (χ3v) is 4.70. The van der Waals surface area contributed by atoms with E-state index in [9.17, 15) is 0 Å². The molecule has 0 bridgehead atoms. The van der Waals surface area contributed by atoms with Crippen LogP contribution >= 0.6 is 0 Å². The first-order chi connectivity index (χ1) is 8.28. The van der Waals surface area contributed by atoms with E-state index in [1.54, 1.807) is 5.56 Å². The summed E-state index contributed by atoms with van der Waals surface area (Å²) in [6, 6.07) is 9.29. The van der Waals surface area contributed by atoms with Crippen LogP contribution in [-0.2, 0) is 5.41 Å². The molecule has 2 aliphatic rings. The SMILES string of the molecule is Cc1ccc(C2(CN3CCCC3)CCC2)cc1. The average molecular weight is 229 g/mol. The summed E-state index contributed by atoms with van der Waals surface area (Å²) in [5, 5.41) is 0. The molecule has 0 N–H and O–H groups in total. The molecule has 1 aromatic rings. The van der Waals surface area contributed by atoms with Crippen LogP contribution in [0.1, 0.15) is 43.2 Å². The highest BCUT2D eigenvalue weighted by molar-refractivity contribution is 5.31. The quantitative estimate of drug-likeness (QED) is 0.766. The number of likely N-dealkylation sites (tertiary alicyclic amines) is 1. The lowest BCUT2D eigenvalue weighted by atomic mass is 9.64. The van der Waals surface area contributed by atoms with E-state index < -0.39 is 0 Å². The predicted molar refractivity (Wildman–Crippen MR) is 72.4 cm³/mol. The number of hydrogen-bond acceptors (Lipinski definition) is 1. The van der Waals surface area contributed by atoms with Crippen molar-refractivity contribution in [2.75, 3.05) is 19.6 Å². The summed E-state index contributed by atoms with van der Waals surface area (Å²) in [5.74, 6) is 0. The van der Waals surface area contributed by atoms with Gasteiger partial charge in [0, 0.05) is 12.0 Å². The molecule has 1 aromatic carbocycles. The monoisotopic (exact) mass is 229 g/mol. The summed E-state index contributed by atoms with van der Waals surface area (Å²) in [6.45, 7) is 6.13. The molecule has 0 spiro atoms. The number of rotatable bonds is 3. The molecule has 2 fully saturated rings. The summed E-state index contributed by atoms with van der Waals surface area (Å²) in [7, 11) is 0. The second-order valence-corrected chi connectivity index (χ2v) is 5.98. The molecule has 1 aliphatic heterocycles. The molecular weight excluding hydrogens is 206 g/mol. The highest BCUT2D eigenvalue weighted by Crippen LogP contribution is 2.44. The van der Waals surface area contributed by atoms with Gasteiger partial charge in [-0.05, 0) is 51.3 Å². The van der Waals surface area contributed by atoms with E-state index in [2.05, 4.69) is 36.1 Å². The molecule has 0 amide bonds. The first-order valence-electron chi connectivity index (χ1n) is 7.08. The zero-order chi connectivity index (χ0) is 11.7. The molecule has 0 unspecified atom stereocenters. The molecule has 0 radical (unpaired) electrons. The van der Waals surface area contributed by atoms with Gasteiger partial charge in [-0.3, -0.25) is 0 Å². The summed E-state index contributed by atoms with van der Waals surface area (Å²) in [6.07, 6.45) is 7.02. The molecule has 92 valence electrons. The Kier molecular flexibility index (Phi) is 2.96. The van der Waals surface area contributed by atoms with E-state index >= 15 is 0 Å². The molecule has 3 rings (SSSR count). The normalized spacial score (nSPS) is 23.6. The van der Waals surface area contributed by atoms with Crippen molar-refractivity contribution < 1.29 is 0 Å². The Morgan fingerprint density at radius 2 is 1.65 bits per heavy atom. The van der Waals surface area contributed by atoms with Crippen LogP contribution in [0.25, 0.3) is 0 Å². The number of benzene rings is 1. The summed E-state index contributed by atoms with van der Waals surface area (Å²) in [4.78, 5) is 2.68. The minimum atomic E-state index is 0.498. The van der Waals surface area contributed by atoms with Gasteiger partial charge in [-0.25, -0.2) is 0 Å². The van der Waals surface area contributed by atoms with Crippen molar-refractivity contribution in [1.29, 1.82) is 0 Å². The number of nitrogens with zero attached hydrogens (tertiary/aromatic N) is 1. The Morgan fingerprint density at radius 1 is 1.00 bits per heavy atom. The first-order valence-corrected chi connectivity index (χ1v) is 7.08. The molecule has 1 heteroatoms. The molecule has 1 nitrogen and oxygen atoms in total. The fourth-order valence-corrected chi connectivity index (χ4v) is 3.42. The van der Waals surface area contributed by atoms with Crippen LogP contribution in [0.3, 0.4) is 0 Å². The second-order valence-electron chi connectivity index (χ2n) is 5.98. The van der Waals surface area contributed by atoms with Gasteiger partial charge in [-0.2, -0.15) is 0 Å². The predicted octanol–water partition coefficient (Wildman–Crippen LogP) is 3.51. The molecule has 1 saturated carbocycles. The van der Waals surface area contributed by atoms with E-state index in [0.29, 0.717) is 5.41 Å². The topological polar surface area (TPSA) is 3.24 Å². The van der Waals surface area contributed by atoms with Gasteiger partial charge >= 0.3 is 0 Å². The number of aryl methyl sites for hydroxylation is 1. The third-order valence-electron chi connectivity index (χ3n) is 4.70. The van der Waals surface area contributed by atoms with E-state index in [4.69, 9.17) is 0 Å². The standard InChI is InChI=1S/C16H23N/c1-14-5-7-15(8-6-14)16(9-4-10-16)13-17-11-2-3-12-17/h5-8H,2-4,9-13H2,1H3. The molecular formula is C16H23N. The summed E-state index contributed by atoms with van der Waals surface area (Å²) < 4.78 is 0. The largest absolute Gasteiger partial charge is 0.302 e. The van der Waals surface area contributed by atoms with Crippen molar-refractivity contribution in [3.8, 4) is 0 Å². The highest BCUT2D eigenvalue weighted by Gasteiger charge is 2.40. The van der Waals surface area contributed by atoms with Gasteiger partial charge in [0.2, 0.25) is 0 Å². The van der Waals surface area contributed by atoms with Crippen molar-refractivity contribution in [3.63, 3.8) is 0 Å². The van der Waals surface area contributed by atoms with Crippen molar-refractivity contribution in [2.45, 2.75) is 44.4 Å². The van der Waals surface area contributed by atoms with Gasteiger partial charge in [-0.15, -0.1) is 0 Å². The van der Waals surface area contributed by atoms with E-state index in [0.717, 1.165) is 0 Å². The molecule has 0 aromatic heterocycles. The van der Waals surface area contributed by atoms with Crippen molar-refractivity contribution in [2.24, 2.45) is 0 Å². The van der Waals surface area contributed by atoms with Gasteiger partial charge in [0.25, 0.3) is 0 Å². The Hall–Kier alpha value is -0.820. The fraction of sp³-hybridized carbons (Fsp3) is 0.625. The average Bonchev–Trinajstić information content (AvgIpc) is 2.77. The Labute approximate surface area is 105 Å². The maximum absolute atomic E-state index is 2.68. The zero-order valence-electron chi connectivity index (χ0n) is 10.9. The lowest BCUT2D eigenvalue weighted by molar-refractivity contribution is 0.159. The summed E-state index contributed by atoms with van der Waals surface area (Å²) >= 11 is 0. The minimum Gasteiger partial charge on any atom is -0.302 e. The maximum atomic E-state index is 2.68. The van der Waals surface area contributed by atoms with Crippen LogP contribution in [0, 0.1) is 6.92 Å². The first kappa shape index (κ1) is 11.3. The van der Waals surface area contributed by atoms with Crippen molar-refractivity contribution >= 4 is 0 Å². The Bertz CT molecular complexity index is 369. The zero-order valence-corrected chi connectivity index (χ0v) is 10.9. The van der Waals surface area contributed by atoms with Crippen LogP contribution in [0.5, 0.6) is 0 Å². The lowest BCUT2D eigenvalue weighted by Gasteiger charge is -2.45. The molecule has 0 atom stereocenters. The van der Waals surface area contributed by atoms with Gasteiger partial charge in [0.15, 0.2) is 0 Å². The third kappa shape index (κ3) is 2.13. The molecule has 1 heterocycles. The molecule has 1 aliphatic carbocycles. The summed E-state index contributed by atoms with van der Waals surface area (Å²) in [5.41, 5.74) is 3.46. The van der Waals surface area contributed by atoms with Crippen LogP contribution < -0.4 is 0 Å². The smallest absolute Gasteiger partial charge is 0.00803 e. The maximum Gasteiger partial charge on any atom is 0.00803 e. The van der Waals surface area contributed by atoms with Crippen LogP contribution in [0.15, 0.2) is 24.3 Å². The van der Waals surface area contributed by atoms with Crippen molar-refractivity contribution in [1.82, 2.24) is 4.90 Å². The van der Waals surface area contributed by atoms with Crippen LogP contribution in [0.2, 0.25) is 0 Å². The van der Waals surface area contributed by atoms with Gasteiger partial charge < -0.3 is 4.90 Å². The van der Waals surface area contributed by atoms with Gasteiger partial charge in [0.1, 0.15) is 0 Å². The molecule has 17 heavy (non-hydrogen) atoms. The highest BCUT2D eigenvalue weighted by atomic mass is 15.1. The minimum absolute atomic E-state index is 0.498. The van der Waals surface area contributed by atoms with Crippen LogP contribution in [0.4, 0.5) is 0 Å². The molecule has 1 saturated heterocycles. The number of hydrogen-bond donors (Lipinski definition) is 0. The Morgan fingerprint density at radius 3 is 2.18 bits per heavy atom. The van der Waals surface area contributed by atoms with Crippen molar-refractivity contribution in [3.05, 3.63) is 35.4 Å². The van der Waals surface area contributed by atoms with Crippen LogP contribution in [-0.4, -0.2) is 24.5 Å². The van der Waals surface area contributed by atoms with E-state index in [1.165, 1.54) is 57.3 Å². The fourth-order valence-electron chi connectivity index (χ4n) is 3.42. The van der Waals surface area contributed by atoms with E-state index in [1.807, 2.05) is 0 Å². The van der Waals surface area contributed by atoms with E-state index in [-0.39, 0.29) is 0 Å². The Balaban J connectivity index is 1.78. The van der Waals surface area contributed by atoms with Gasteiger partial charge in [0.05, 0.1) is 0 Å². The van der Waals surface area contributed by atoms with Gasteiger partial charge in [-0.1, -0.05) is 36.2 Å². The second kappa shape index (κ2) is 4.45. The lowest BCUT2D eigenvalue weighted by Crippen LogP contribution is -2.44.